The molecule has 0 bridgehead atoms. The van der Waals surface area contributed by atoms with E-state index in [0.717, 1.165) is 29.0 Å². The van der Waals surface area contributed by atoms with Crippen molar-refractivity contribution in [2.24, 2.45) is 0 Å². The van der Waals surface area contributed by atoms with E-state index in [2.05, 4.69) is 212 Å². The van der Waals surface area contributed by atoms with Gasteiger partial charge in [0.25, 0.3) is 0 Å². The zero-order valence-corrected chi connectivity index (χ0v) is 30.7. The standard InChI is InChI=1S/C53H38N2/c1-2-51-54-49-25-11-12-26-50(49)55(51)44-22-14-20-41(34-44)40-19-13-21-43(33-40)53-46-24-10-9-23-45(46)52(39-29-27-38(28-30-39)36-15-5-3-6-16-36)48-35-42(31-32-47(48)53)37-17-7-4-8-18-37/h3-35H,2H2,1H3. The molecule has 0 aliphatic carbocycles. The van der Waals surface area contributed by atoms with Crippen LogP contribution < -0.4 is 0 Å². The van der Waals surface area contributed by atoms with E-state index >= 15 is 0 Å². The van der Waals surface area contributed by atoms with Gasteiger partial charge < -0.3 is 0 Å². The Balaban J connectivity index is 1.17. The Kier molecular flexibility index (Phi) is 8.15. The van der Waals surface area contributed by atoms with Crippen LogP contribution in [-0.4, -0.2) is 9.55 Å². The second-order valence-electron chi connectivity index (χ2n) is 14.2. The van der Waals surface area contributed by atoms with Crippen LogP contribution >= 0.6 is 0 Å². The molecule has 2 heteroatoms. The second kappa shape index (κ2) is 13.7. The fourth-order valence-electron chi connectivity index (χ4n) is 8.35. The molecule has 55 heavy (non-hydrogen) atoms. The van der Waals surface area contributed by atoms with Gasteiger partial charge in [0.15, 0.2) is 0 Å². The average Bonchev–Trinajstić information content (AvgIpc) is 3.65. The minimum atomic E-state index is 0.855. The predicted molar refractivity (Wildman–Crippen MR) is 233 cm³/mol. The lowest BCUT2D eigenvalue weighted by Crippen LogP contribution is -2.00. The van der Waals surface area contributed by atoms with Gasteiger partial charge in [0.1, 0.15) is 5.82 Å². The smallest absolute Gasteiger partial charge is 0.114 e. The molecule has 10 aromatic rings. The van der Waals surface area contributed by atoms with Gasteiger partial charge in [-0.15, -0.1) is 0 Å². The molecule has 9 aromatic carbocycles. The predicted octanol–water partition coefficient (Wildman–Crippen LogP) is 14.2. The average molecular weight is 703 g/mol. The minimum absolute atomic E-state index is 0.855. The van der Waals surface area contributed by atoms with Crippen LogP contribution in [0, 0.1) is 0 Å². The maximum absolute atomic E-state index is 4.96. The Morgan fingerprint density at radius 3 is 1.58 bits per heavy atom. The summed E-state index contributed by atoms with van der Waals surface area (Å²) >= 11 is 0. The van der Waals surface area contributed by atoms with Crippen LogP contribution in [0.1, 0.15) is 12.7 Å². The monoisotopic (exact) mass is 702 g/mol. The first-order valence-corrected chi connectivity index (χ1v) is 19.1. The van der Waals surface area contributed by atoms with Crippen molar-refractivity contribution in [2.45, 2.75) is 13.3 Å². The van der Waals surface area contributed by atoms with Crippen LogP contribution in [0.3, 0.4) is 0 Å². The molecule has 1 heterocycles. The minimum Gasteiger partial charge on any atom is -0.296 e. The van der Waals surface area contributed by atoms with Gasteiger partial charge in [0.2, 0.25) is 0 Å². The summed E-state index contributed by atoms with van der Waals surface area (Å²) in [6.07, 6.45) is 0.855. The van der Waals surface area contributed by atoms with Gasteiger partial charge in [-0.2, -0.15) is 0 Å². The number of hydrogen-bond acceptors (Lipinski definition) is 1. The van der Waals surface area contributed by atoms with Crippen LogP contribution in [0.4, 0.5) is 0 Å². The summed E-state index contributed by atoms with van der Waals surface area (Å²) in [6, 6.07) is 72.8. The number of rotatable bonds is 7. The third-order valence-electron chi connectivity index (χ3n) is 10.9. The lowest BCUT2D eigenvalue weighted by molar-refractivity contribution is 0.908. The van der Waals surface area contributed by atoms with Crippen LogP contribution in [0.2, 0.25) is 0 Å². The van der Waals surface area contributed by atoms with Crippen molar-refractivity contribution in [3.63, 3.8) is 0 Å². The molecule has 10 rings (SSSR count). The van der Waals surface area contributed by atoms with E-state index in [1.165, 1.54) is 77.2 Å². The maximum atomic E-state index is 4.96. The van der Waals surface area contributed by atoms with Crippen molar-refractivity contribution in [3.05, 3.63) is 206 Å². The molecule has 0 saturated heterocycles. The number of aryl methyl sites for hydroxylation is 1. The molecule has 0 unspecified atom stereocenters. The van der Waals surface area contributed by atoms with Gasteiger partial charge in [-0.1, -0.05) is 171 Å². The zero-order chi connectivity index (χ0) is 36.7. The van der Waals surface area contributed by atoms with Crippen molar-refractivity contribution < 1.29 is 0 Å². The Hall–Kier alpha value is -7.03. The van der Waals surface area contributed by atoms with Crippen molar-refractivity contribution >= 4 is 32.6 Å². The van der Waals surface area contributed by atoms with E-state index in [1.807, 2.05) is 0 Å². The van der Waals surface area contributed by atoms with E-state index in [1.54, 1.807) is 0 Å². The van der Waals surface area contributed by atoms with Gasteiger partial charge in [-0.3, -0.25) is 4.57 Å². The van der Waals surface area contributed by atoms with Gasteiger partial charge in [-0.25, -0.2) is 4.98 Å². The summed E-state index contributed by atoms with van der Waals surface area (Å²) in [4.78, 5) is 4.96. The van der Waals surface area contributed by atoms with Crippen LogP contribution in [0.25, 0.3) is 93.9 Å². The highest BCUT2D eigenvalue weighted by molar-refractivity contribution is 6.22. The first kappa shape index (κ1) is 32.6. The zero-order valence-electron chi connectivity index (χ0n) is 30.7. The largest absolute Gasteiger partial charge is 0.296 e. The lowest BCUT2D eigenvalue weighted by Gasteiger charge is -2.19. The Labute approximate surface area is 321 Å². The molecular weight excluding hydrogens is 665 g/mol. The quantitative estimate of drug-likeness (QED) is 0.151. The van der Waals surface area contributed by atoms with Crippen molar-refractivity contribution in [1.82, 2.24) is 9.55 Å². The van der Waals surface area contributed by atoms with Crippen LogP contribution in [-0.2, 0) is 6.42 Å². The van der Waals surface area contributed by atoms with E-state index in [0.29, 0.717) is 0 Å². The number of hydrogen-bond donors (Lipinski definition) is 0. The SMILES string of the molecule is CCc1nc2ccccc2n1-c1cccc(-c2cccc(-c3c4ccccc4c(-c4ccc(-c5ccccc5)cc4)c4cc(-c5ccccc5)ccc34)c2)c1. The molecular formula is C53H38N2. The first-order chi connectivity index (χ1) is 27.2. The molecule has 0 aliphatic heterocycles. The summed E-state index contributed by atoms with van der Waals surface area (Å²) in [7, 11) is 0. The molecule has 260 valence electrons. The van der Waals surface area contributed by atoms with Gasteiger partial charge in [-0.05, 0) is 114 Å². The van der Waals surface area contributed by atoms with Crippen LogP contribution in [0.15, 0.2) is 200 Å². The molecule has 0 spiro atoms. The lowest BCUT2D eigenvalue weighted by atomic mass is 9.84. The number of nitrogens with zero attached hydrogens (tertiary/aromatic N) is 2. The van der Waals surface area contributed by atoms with Crippen molar-refractivity contribution in [2.75, 3.05) is 0 Å². The molecule has 0 amide bonds. The summed E-state index contributed by atoms with van der Waals surface area (Å²) in [5.74, 6) is 1.06. The highest BCUT2D eigenvalue weighted by atomic mass is 15.1. The van der Waals surface area contributed by atoms with E-state index in [-0.39, 0.29) is 0 Å². The third-order valence-corrected chi connectivity index (χ3v) is 10.9. The third kappa shape index (κ3) is 5.80. The Morgan fingerprint density at radius 1 is 0.364 bits per heavy atom. The first-order valence-electron chi connectivity index (χ1n) is 19.1. The van der Waals surface area contributed by atoms with Gasteiger partial charge >= 0.3 is 0 Å². The van der Waals surface area contributed by atoms with Crippen LogP contribution in [0.5, 0.6) is 0 Å². The number of imidazole rings is 1. The summed E-state index contributed by atoms with van der Waals surface area (Å²) < 4.78 is 2.30. The highest BCUT2D eigenvalue weighted by Gasteiger charge is 2.19. The molecule has 2 nitrogen and oxygen atoms in total. The summed E-state index contributed by atoms with van der Waals surface area (Å²) in [6.45, 7) is 2.17. The Morgan fingerprint density at radius 2 is 0.855 bits per heavy atom. The molecule has 0 saturated carbocycles. The van der Waals surface area contributed by atoms with Gasteiger partial charge in [0.05, 0.1) is 11.0 Å². The van der Waals surface area contributed by atoms with Crippen molar-refractivity contribution in [3.8, 4) is 61.3 Å². The highest BCUT2D eigenvalue weighted by Crippen LogP contribution is 2.45. The topological polar surface area (TPSA) is 17.8 Å². The molecule has 0 atom stereocenters. The molecule has 0 fully saturated rings. The fourth-order valence-corrected chi connectivity index (χ4v) is 8.35. The summed E-state index contributed by atoms with van der Waals surface area (Å²) in [5.41, 5.74) is 15.4. The van der Waals surface area contributed by atoms with E-state index < -0.39 is 0 Å². The normalized spacial score (nSPS) is 11.4. The fraction of sp³-hybridized carbons (Fsp3) is 0.0377. The molecule has 0 radical (unpaired) electrons. The molecule has 0 N–H and O–H groups in total. The summed E-state index contributed by atoms with van der Waals surface area (Å²) in [5, 5.41) is 4.97. The maximum Gasteiger partial charge on any atom is 0.114 e. The number of benzene rings is 9. The van der Waals surface area contributed by atoms with E-state index in [4.69, 9.17) is 4.98 Å². The number of fused-ring (bicyclic) bond motifs is 3. The van der Waals surface area contributed by atoms with Gasteiger partial charge in [0, 0.05) is 12.1 Å². The number of para-hydroxylation sites is 2. The Bertz CT molecular complexity index is 2990. The second-order valence-corrected chi connectivity index (χ2v) is 14.2. The van der Waals surface area contributed by atoms with Crippen molar-refractivity contribution in [1.29, 1.82) is 0 Å². The molecule has 1 aromatic heterocycles. The number of aromatic nitrogens is 2. The molecule has 0 aliphatic rings. The van der Waals surface area contributed by atoms with E-state index in [9.17, 15) is 0 Å².